The van der Waals surface area contributed by atoms with Crippen LogP contribution in [0.2, 0.25) is 0 Å². The van der Waals surface area contributed by atoms with Gasteiger partial charge in [0.1, 0.15) is 11.6 Å². The number of hydrogen-bond acceptors (Lipinski definition) is 2. The smallest absolute Gasteiger partial charge is 0.419 e. The van der Waals surface area contributed by atoms with Crippen molar-refractivity contribution in [2.45, 2.75) is 25.4 Å². The van der Waals surface area contributed by atoms with E-state index >= 15 is 0 Å². The summed E-state index contributed by atoms with van der Waals surface area (Å²) in [5.41, 5.74) is -1.38. The topological polar surface area (TPSA) is 46.5 Å². The third-order valence-corrected chi connectivity index (χ3v) is 2.30. The average molecular weight is 280 g/mol. The van der Waals surface area contributed by atoms with E-state index in [2.05, 4.69) is 0 Å². The number of alkyl halides is 3. The van der Waals surface area contributed by atoms with Crippen LogP contribution in [0.4, 0.5) is 17.6 Å². The number of halogens is 4. The summed E-state index contributed by atoms with van der Waals surface area (Å²) in [7, 11) is 0. The Morgan fingerprint density at radius 2 is 1.95 bits per heavy atom. The van der Waals surface area contributed by atoms with Gasteiger partial charge in [0, 0.05) is 6.42 Å². The fourth-order valence-corrected chi connectivity index (χ4v) is 1.38. The highest BCUT2D eigenvalue weighted by atomic mass is 19.4. The predicted molar refractivity (Wildman–Crippen MR) is 58.4 cm³/mol. The number of hydrogen-bond donors (Lipinski definition) is 1. The SMILES string of the molecule is O=C(O)CCCCOc1ccc(F)c(C(F)(F)F)c1. The largest absolute Gasteiger partial charge is 0.494 e. The molecule has 1 aromatic rings. The minimum atomic E-state index is -4.77. The molecule has 0 aromatic heterocycles. The molecule has 0 saturated carbocycles. The highest BCUT2D eigenvalue weighted by Crippen LogP contribution is 2.33. The zero-order valence-electron chi connectivity index (χ0n) is 9.84. The van der Waals surface area contributed by atoms with Crippen molar-refractivity contribution in [2.75, 3.05) is 6.61 Å². The molecular weight excluding hydrogens is 268 g/mol. The van der Waals surface area contributed by atoms with E-state index in [1.807, 2.05) is 0 Å². The fourth-order valence-electron chi connectivity index (χ4n) is 1.38. The molecule has 0 fully saturated rings. The maximum atomic E-state index is 13.0. The van der Waals surface area contributed by atoms with Gasteiger partial charge in [-0.1, -0.05) is 0 Å². The van der Waals surface area contributed by atoms with Crippen molar-refractivity contribution in [3.8, 4) is 5.75 Å². The molecule has 0 heterocycles. The summed E-state index contributed by atoms with van der Waals surface area (Å²) < 4.78 is 55.2. The molecule has 0 spiro atoms. The summed E-state index contributed by atoms with van der Waals surface area (Å²) in [6.45, 7) is 0.0796. The molecule has 0 aliphatic carbocycles. The summed E-state index contributed by atoms with van der Waals surface area (Å²) in [6.07, 6.45) is -4.04. The number of aliphatic carboxylic acids is 1. The van der Waals surface area contributed by atoms with Gasteiger partial charge in [-0.05, 0) is 31.0 Å². The van der Waals surface area contributed by atoms with Crippen molar-refractivity contribution in [2.24, 2.45) is 0 Å². The second kappa shape index (κ2) is 6.40. The Morgan fingerprint density at radius 3 is 2.53 bits per heavy atom. The van der Waals surface area contributed by atoms with Crippen LogP contribution in [-0.2, 0) is 11.0 Å². The highest BCUT2D eigenvalue weighted by Gasteiger charge is 2.34. The van der Waals surface area contributed by atoms with Gasteiger partial charge in [-0.2, -0.15) is 13.2 Å². The molecular formula is C12H12F4O3. The molecule has 1 aromatic carbocycles. The van der Waals surface area contributed by atoms with Gasteiger partial charge in [0.2, 0.25) is 0 Å². The number of ether oxygens (including phenoxy) is 1. The van der Waals surface area contributed by atoms with E-state index in [9.17, 15) is 22.4 Å². The van der Waals surface area contributed by atoms with Crippen LogP contribution in [0.1, 0.15) is 24.8 Å². The molecule has 19 heavy (non-hydrogen) atoms. The van der Waals surface area contributed by atoms with Crippen LogP contribution in [0.15, 0.2) is 18.2 Å². The van der Waals surface area contributed by atoms with Gasteiger partial charge in [-0.3, -0.25) is 4.79 Å². The lowest BCUT2D eigenvalue weighted by Crippen LogP contribution is -2.09. The standard InChI is InChI=1S/C12H12F4O3/c13-10-5-4-8(7-9(10)12(14,15)16)19-6-2-1-3-11(17)18/h4-5,7H,1-3,6H2,(H,17,18). The van der Waals surface area contributed by atoms with Gasteiger partial charge in [-0.25, -0.2) is 4.39 Å². The Balaban J connectivity index is 2.53. The van der Waals surface area contributed by atoms with Crippen LogP contribution >= 0.6 is 0 Å². The van der Waals surface area contributed by atoms with Gasteiger partial charge in [-0.15, -0.1) is 0 Å². The van der Waals surface area contributed by atoms with Gasteiger partial charge in [0.25, 0.3) is 0 Å². The van der Waals surface area contributed by atoms with E-state index in [0.29, 0.717) is 25.0 Å². The van der Waals surface area contributed by atoms with Gasteiger partial charge in [0.05, 0.1) is 12.2 Å². The third-order valence-electron chi connectivity index (χ3n) is 2.30. The molecule has 1 rings (SSSR count). The van der Waals surface area contributed by atoms with Crippen LogP contribution in [0.3, 0.4) is 0 Å². The number of carboxylic acid groups (broad SMARTS) is 1. The van der Waals surface area contributed by atoms with Gasteiger partial charge >= 0.3 is 12.1 Å². The number of carbonyl (C=O) groups is 1. The Labute approximate surface area is 106 Å². The van der Waals surface area contributed by atoms with Crippen molar-refractivity contribution in [3.63, 3.8) is 0 Å². The summed E-state index contributed by atoms with van der Waals surface area (Å²) >= 11 is 0. The Bertz CT molecular complexity index is 443. The second-order valence-corrected chi connectivity index (χ2v) is 3.84. The molecule has 0 saturated heterocycles. The Hall–Kier alpha value is -1.79. The lowest BCUT2D eigenvalue weighted by atomic mass is 10.2. The Kier molecular flexibility index (Phi) is 5.14. The zero-order chi connectivity index (χ0) is 14.5. The maximum absolute atomic E-state index is 13.0. The van der Waals surface area contributed by atoms with E-state index in [-0.39, 0.29) is 18.8 Å². The maximum Gasteiger partial charge on any atom is 0.419 e. The van der Waals surface area contributed by atoms with Crippen LogP contribution in [0.5, 0.6) is 5.75 Å². The second-order valence-electron chi connectivity index (χ2n) is 3.84. The zero-order valence-corrected chi connectivity index (χ0v) is 9.84. The summed E-state index contributed by atoms with van der Waals surface area (Å²) in [4.78, 5) is 10.2. The first-order valence-corrected chi connectivity index (χ1v) is 5.52. The minimum Gasteiger partial charge on any atom is -0.494 e. The molecule has 0 atom stereocenters. The molecule has 0 unspecified atom stereocenters. The lowest BCUT2D eigenvalue weighted by Gasteiger charge is -2.11. The molecule has 0 aliphatic rings. The summed E-state index contributed by atoms with van der Waals surface area (Å²) in [5, 5.41) is 8.38. The number of unbranched alkanes of at least 4 members (excludes halogenated alkanes) is 1. The predicted octanol–water partition coefficient (Wildman–Crippen LogP) is 3.48. The van der Waals surface area contributed by atoms with Crippen molar-refractivity contribution in [1.29, 1.82) is 0 Å². The molecule has 106 valence electrons. The van der Waals surface area contributed by atoms with E-state index in [1.54, 1.807) is 0 Å². The van der Waals surface area contributed by atoms with Crippen LogP contribution in [-0.4, -0.2) is 17.7 Å². The molecule has 0 radical (unpaired) electrons. The number of carboxylic acids is 1. The molecule has 7 heteroatoms. The van der Waals surface area contributed by atoms with Gasteiger partial charge < -0.3 is 9.84 Å². The minimum absolute atomic E-state index is 0.0272. The number of rotatable bonds is 6. The first-order valence-electron chi connectivity index (χ1n) is 5.52. The first-order chi connectivity index (χ1) is 8.80. The van der Waals surface area contributed by atoms with Crippen LogP contribution in [0.25, 0.3) is 0 Å². The summed E-state index contributed by atoms with van der Waals surface area (Å²) in [6, 6.07) is 2.38. The third kappa shape index (κ3) is 5.15. The monoisotopic (exact) mass is 280 g/mol. The van der Waals surface area contributed by atoms with Crippen LogP contribution < -0.4 is 4.74 Å². The first kappa shape index (κ1) is 15.3. The van der Waals surface area contributed by atoms with E-state index in [1.165, 1.54) is 0 Å². The van der Waals surface area contributed by atoms with Crippen molar-refractivity contribution >= 4 is 5.97 Å². The van der Waals surface area contributed by atoms with Crippen molar-refractivity contribution in [1.82, 2.24) is 0 Å². The molecule has 0 aliphatic heterocycles. The number of benzene rings is 1. The normalized spacial score (nSPS) is 11.4. The molecule has 0 bridgehead atoms. The van der Waals surface area contributed by atoms with Gasteiger partial charge in [0.15, 0.2) is 0 Å². The van der Waals surface area contributed by atoms with Crippen molar-refractivity contribution in [3.05, 3.63) is 29.6 Å². The molecule has 0 amide bonds. The van der Waals surface area contributed by atoms with Crippen molar-refractivity contribution < 1.29 is 32.2 Å². The summed E-state index contributed by atoms with van der Waals surface area (Å²) in [5.74, 6) is -2.39. The van der Waals surface area contributed by atoms with E-state index in [4.69, 9.17) is 9.84 Å². The quantitative estimate of drug-likeness (QED) is 0.641. The Morgan fingerprint density at radius 1 is 1.26 bits per heavy atom. The average Bonchev–Trinajstić information content (AvgIpc) is 2.28. The molecule has 3 nitrogen and oxygen atoms in total. The van der Waals surface area contributed by atoms with E-state index in [0.717, 1.165) is 6.07 Å². The molecule has 1 N–H and O–H groups in total. The van der Waals surface area contributed by atoms with E-state index < -0.39 is 23.5 Å². The lowest BCUT2D eigenvalue weighted by molar-refractivity contribution is -0.140. The van der Waals surface area contributed by atoms with Crippen LogP contribution in [0, 0.1) is 5.82 Å². The highest BCUT2D eigenvalue weighted by molar-refractivity contribution is 5.66. The fraction of sp³-hybridized carbons (Fsp3) is 0.417.